The maximum absolute atomic E-state index is 12.3. The summed E-state index contributed by atoms with van der Waals surface area (Å²) in [5.74, 6) is 0.359. The summed E-state index contributed by atoms with van der Waals surface area (Å²) in [7, 11) is 3.85. The van der Waals surface area contributed by atoms with E-state index < -0.39 is 0 Å². The second-order valence-corrected chi connectivity index (χ2v) is 4.67. The first-order chi connectivity index (χ1) is 7.16. The van der Waals surface area contributed by atoms with E-state index in [2.05, 4.69) is 12.2 Å². The van der Waals surface area contributed by atoms with E-state index in [1.807, 2.05) is 19.0 Å². The minimum Gasteiger partial charge on any atom is -0.344 e. The van der Waals surface area contributed by atoms with Crippen LogP contribution in [0.25, 0.3) is 0 Å². The van der Waals surface area contributed by atoms with Crippen molar-refractivity contribution in [3.63, 3.8) is 0 Å². The van der Waals surface area contributed by atoms with Crippen molar-refractivity contribution in [2.75, 3.05) is 27.2 Å². The maximum Gasteiger partial charge on any atom is 0.228 e. The summed E-state index contributed by atoms with van der Waals surface area (Å²) >= 11 is 0. The molecule has 0 aromatic carbocycles. The third kappa shape index (κ3) is 3.36. The van der Waals surface area contributed by atoms with E-state index in [4.69, 9.17) is 0 Å². The van der Waals surface area contributed by atoms with Gasteiger partial charge in [0.05, 0.1) is 0 Å². The zero-order valence-electron chi connectivity index (χ0n) is 10.7. The Labute approximate surface area is 105 Å². The second kappa shape index (κ2) is 7.13. The minimum absolute atomic E-state index is 0. The fourth-order valence-corrected chi connectivity index (χ4v) is 2.56. The lowest BCUT2D eigenvalue weighted by Crippen LogP contribution is -2.42. The predicted octanol–water partition coefficient (Wildman–Crippen LogP) is 2.06. The minimum atomic E-state index is -0.0253. The molecule has 0 unspecified atom stereocenters. The molecule has 1 amide bonds. The van der Waals surface area contributed by atoms with Gasteiger partial charge < -0.3 is 10.2 Å². The lowest BCUT2D eigenvalue weighted by molar-refractivity contribution is -0.140. The molecule has 4 heteroatoms. The predicted molar refractivity (Wildman–Crippen MR) is 70.0 cm³/mol. The smallest absolute Gasteiger partial charge is 0.228 e. The lowest BCUT2D eigenvalue weighted by atomic mass is 9.82. The number of likely N-dealkylation sites (N-methyl/N-ethyl adjacent to an activating group) is 2. The van der Waals surface area contributed by atoms with E-state index in [0.29, 0.717) is 5.91 Å². The average Bonchev–Trinajstić information content (AvgIpc) is 2.74. The Bertz CT molecular complexity index is 215. The zero-order chi connectivity index (χ0) is 11.3. The number of nitrogens with zero attached hydrogens (tertiary/aromatic N) is 1. The number of nitrogens with one attached hydrogen (secondary N) is 1. The first kappa shape index (κ1) is 15.7. The summed E-state index contributed by atoms with van der Waals surface area (Å²) in [5, 5.41) is 3.08. The summed E-state index contributed by atoms with van der Waals surface area (Å²) in [4.78, 5) is 14.2. The third-order valence-electron chi connectivity index (χ3n) is 3.74. The number of amides is 1. The summed E-state index contributed by atoms with van der Waals surface area (Å²) in [6, 6.07) is 0. The molecule has 1 N–H and O–H groups in total. The highest BCUT2D eigenvalue weighted by atomic mass is 35.5. The van der Waals surface area contributed by atoms with E-state index in [0.717, 1.165) is 32.4 Å². The van der Waals surface area contributed by atoms with Gasteiger partial charge in [-0.3, -0.25) is 4.79 Å². The van der Waals surface area contributed by atoms with Gasteiger partial charge in [0.15, 0.2) is 0 Å². The molecular weight excluding hydrogens is 224 g/mol. The monoisotopic (exact) mass is 248 g/mol. The summed E-state index contributed by atoms with van der Waals surface area (Å²) in [5.41, 5.74) is -0.0253. The molecule has 16 heavy (non-hydrogen) atoms. The topological polar surface area (TPSA) is 32.3 Å². The van der Waals surface area contributed by atoms with Gasteiger partial charge in [0, 0.05) is 25.6 Å². The molecule has 0 bridgehead atoms. The normalized spacial score (nSPS) is 17.9. The van der Waals surface area contributed by atoms with E-state index in [9.17, 15) is 4.79 Å². The number of carbonyl (C=O) groups is 1. The van der Waals surface area contributed by atoms with Crippen molar-refractivity contribution < 1.29 is 4.79 Å². The molecule has 0 aromatic heterocycles. The van der Waals surface area contributed by atoms with Crippen LogP contribution in [0.2, 0.25) is 0 Å². The fraction of sp³-hybridized carbons (Fsp3) is 0.917. The average molecular weight is 249 g/mol. The van der Waals surface area contributed by atoms with Crippen LogP contribution in [0.1, 0.15) is 39.0 Å². The van der Waals surface area contributed by atoms with Crippen molar-refractivity contribution in [2.24, 2.45) is 5.41 Å². The Morgan fingerprint density at radius 3 is 2.38 bits per heavy atom. The van der Waals surface area contributed by atoms with Crippen LogP contribution in [0, 0.1) is 5.41 Å². The number of halogens is 1. The van der Waals surface area contributed by atoms with Crippen molar-refractivity contribution in [2.45, 2.75) is 39.0 Å². The summed E-state index contributed by atoms with van der Waals surface area (Å²) in [6.07, 6.45) is 5.62. The molecule has 1 aliphatic carbocycles. The SMILES string of the molecule is CCC1(C(=O)N(C)CCNC)CCCC1.Cl. The number of hydrogen-bond donors (Lipinski definition) is 1. The Hall–Kier alpha value is -0.280. The van der Waals surface area contributed by atoms with E-state index in [1.165, 1.54) is 12.8 Å². The molecule has 1 aliphatic rings. The van der Waals surface area contributed by atoms with Crippen molar-refractivity contribution >= 4 is 18.3 Å². The van der Waals surface area contributed by atoms with Gasteiger partial charge in [-0.15, -0.1) is 12.4 Å². The van der Waals surface area contributed by atoms with Gasteiger partial charge in [0.1, 0.15) is 0 Å². The molecule has 0 radical (unpaired) electrons. The van der Waals surface area contributed by atoms with E-state index in [1.54, 1.807) is 0 Å². The van der Waals surface area contributed by atoms with Crippen molar-refractivity contribution in [3.8, 4) is 0 Å². The maximum atomic E-state index is 12.3. The van der Waals surface area contributed by atoms with Crippen LogP contribution in [0.3, 0.4) is 0 Å². The second-order valence-electron chi connectivity index (χ2n) is 4.67. The van der Waals surface area contributed by atoms with E-state index in [-0.39, 0.29) is 17.8 Å². The Balaban J connectivity index is 0.00000225. The van der Waals surface area contributed by atoms with Gasteiger partial charge in [-0.2, -0.15) is 0 Å². The molecule has 1 saturated carbocycles. The van der Waals surface area contributed by atoms with Crippen molar-refractivity contribution in [1.29, 1.82) is 0 Å². The molecular formula is C12H25ClN2O. The molecule has 0 saturated heterocycles. The molecule has 0 spiro atoms. The highest BCUT2D eigenvalue weighted by Crippen LogP contribution is 2.42. The van der Waals surface area contributed by atoms with Gasteiger partial charge >= 0.3 is 0 Å². The molecule has 1 fully saturated rings. The molecule has 3 nitrogen and oxygen atoms in total. The third-order valence-corrected chi connectivity index (χ3v) is 3.74. The first-order valence-electron chi connectivity index (χ1n) is 6.06. The molecule has 0 heterocycles. The standard InChI is InChI=1S/C12H24N2O.ClH/c1-4-12(7-5-6-8-12)11(15)14(3)10-9-13-2;/h13H,4-10H2,1-3H3;1H. The zero-order valence-corrected chi connectivity index (χ0v) is 11.5. The van der Waals surface area contributed by atoms with Crippen LogP contribution in [-0.4, -0.2) is 38.0 Å². The lowest BCUT2D eigenvalue weighted by Gasteiger charge is -2.31. The highest BCUT2D eigenvalue weighted by molar-refractivity contribution is 5.85. The molecule has 0 atom stereocenters. The van der Waals surface area contributed by atoms with Crippen molar-refractivity contribution in [3.05, 3.63) is 0 Å². The number of rotatable bonds is 5. The van der Waals surface area contributed by atoms with Crippen LogP contribution < -0.4 is 5.32 Å². The molecule has 1 rings (SSSR count). The van der Waals surface area contributed by atoms with Gasteiger partial charge in [0.25, 0.3) is 0 Å². The number of carbonyl (C=O) groups excluding carboxylic acids is 1. The summed E-state index contributed by atoms with van der Waals surface area (Å²) in [6.45, 7) is 3.84. The van der Waals surface area contributed by atoms with Crippen LogP contribution in [0.5, 0.6) is 0 Å². The van der Waals surface area contributed by atoms with Crippen LogP contribution in [0.15, 0.2) is 0 Å². The fourth-order valence-electron chi connectivity index (χ4n) is 2.56. The highest BCUT2D eigenvalue weighted by Gasteiger charge is 2.40. The molecule has 96 valence electrons. The van der Waals surface area contributed by atoms with Crippen LogP contribution >= 0.6 is 12.4 Å². The molecule has 0 aliphatic heterocycles. The van der Waals surface area contributed by atoms with Crippen LogP contribution in [-0.2, 0) is 4.79 Å². The van der Waals surface area contributed by atoms with E-state index >= 15 is 0 Å². The van der Waals surface area contributed by atoms with Gasteiger partial charge in [-0.1, -0.05) is 19.8 Å². The quantitative estimate of drug-likeness (QED) is 0.808. The summed E-state index contributed by atoms with van der Waals surface area (Å²) < 4.78 is 0. The van der Waals surface area contributed by atoms with Gasteiger partial charge in [-0.25, -0.2) is 0 Å². The first-order valence-corrected chi connectivity index (χ1v) is 6.06. The Morgan fingerprint density at radius 2 is 1.94 bits per heavy atom. The van der Waals surface area contributed by atoms with Gasteiger partial charge in [0.2, 0.25) is 5.91 Å². The Morgan fingerprint density at radius 1 is 1.38 bits per heavy atom. The Kier molecular flexibility index (Phi) is 7.00. The number of hydrogen-bond acceptors (Lipinski definition) is 2. The van der Waals surface area contributed by atoms with Crippen molar-refractivity contribution in [1.82, 2.24) is 10.2 Å². The van der Waals surface area contributed by atoms with Crippen LogP contribution in [0.4, 0.5) is 0 Å². The molecule has 0 aromatic rings. The van der Waals surface area contributed by atoms with Gasteiger partial charge in [-0.05, 0) is 26.3 Å². The largest absolute Gasteiger partial charge is 0.344 e.